The zero-order valence-electron chi connectivity index (χ0n) is 12.8. The average Bonchev–Trinajstić information content (AvgIpc) is 3.01. The van der Waals surface area contributed by atoms with Crippen molar-refractivity contribution in [3.63, 3.8) is 0 Å². The van der Waals surface area contributed by atoms with Crippen LogP contribution in [0.2, 0.25) is 0 Å². The van der Waals surface area contributed by atoms with E-state index in [-0.39, 0.29) is 36.1 Å². The SMILES string of the molecule is CCNC(=NCc1cc(F)ccc1F)NCCc1ccco1.I. The Bertz CT molecular complexity index is 618. The average molecular weight is 435 g/mol. The molecule has 23 heavy (non-hydrogen) atoms. The summed E-state index contributed by atoms with van der Waals surface area (Å²) in [4.78, 5) is 4.26. The Morgan fingerprint density at radius 2 is 2.04 bits per heavy atom. The van der Waals surface area contributed by atoms with Gasteiger partial charge in [0, 0.05) is 25.1 Å². The van der Waals surface area contributed by atoms with Crippen molar-refractivity contribution in [3.05, 3.63) is 59.6 Å². The van der Waals surface area contributed by atoms with Crippen LogP contribution in [0.3, 0.4) is 0 Å². The van der Waals surface area contributed by atoms with Crippen molar-refractivity contribution in [2.75, 3.05) is 13.1 Å². The third-order valence-electron chi connectivity index (χ3n) is 3.00. The van der Waals surface area contributed by atoms with Gasteiger partial charge in [0.15, 0.2) is 5.96 Å². The third kappa shape index (κ3) is 6.55. The number of halogens is 3. The highest BCUT2D eigenvalue weighted by Gasteiger charge is 2.04. The summed E-state index contributed by atoms with van der Waals surface area (Å²) >= 11 is 0. The standard InChI is InChI=1S/C16H19F2N3O.HI/c1-2-19-16(20-8-7-14-4-3-9-22-14)21-11-12-10-13(17)5-6-15(12)18;/h3-6,9-10H,2,7-8,11H2,1H3,(H2,19,20,21);1H. The molecule has 0 atom stereocenters. The monoisotopic (exact) mass is 435 g/mol. The number of aliphatic imine (C=N–C) groups is 1. The first kappa shape index (κ1) is 19.4. The Labute approximate surface area is 151 Å². The van der Waals surface area contributed by atoms with Crippen LogP contribution in [0.1, 0.15) is 18.2 Å². The molecule has 0 saturated heterocycles. The fourth-order valence-corrected chi connectivity index (χ4v) is 1.93. The fraction of sp³-hybridized carbons (Fsp3) is 0.312. The minimum Gasteiger partial charge on any atom is -0.469 e. The third-order valence-corrected chi connectivity index (χ3v) is 3.00. The second-order valence-electron chi connectivity index (χ2n) is 4.69. The van der Waals surface area contributed by atoms with Crippen molar-refractivity contribution < 1.29 is 13.2 Å². The van der Waals surface area contributed by atoms with Crippen LogP contribution in [0.5, 0.6) is 0 Å². The van der Waals surface area contributed by atoms with Crippen molar-refractivity contribution >= 4 is 29.9 Å². The lowest BCUT2D eigenvalue weighted by Crippen LogP contribution is -2.38. The van der Waals surface area contributed by atoms with Gasteiger partial charge in [0.2, 0.25) is 0 Å². The number of nitrogens with zero attached hydrogens (tertiary/aromatic N) is 1. The van der Waals surface area contributed by atoms with Gasteiger partial charge in [-0.2, -0.15) is 0 Å². The van der Waals surface area contributed by atoms with Gasteiger partial charge in [0.25, 0.3) is 0 Å². The van der Waals surface area contributed by atoms with Crippen LogP contribution < -0.4 is 10.6 Å². The van der Waals surface area contributed by atoms with Gasteiger partial charge in [0.1, 0.15) is 17.4 Å². The summed E-state index contributed by atoms with van der Waals surface area (Å²) in [7, 11) is 0. The van der Waals surface area contributed by atoms with Gasteiger partial charge < -0.3 is 15.1 Å². The van der Waals surface area contributed by atoms with Crippen LogP contribution in [-0.2, 0) is 13.0 Å². The van der Waals surface area contributed by atoms with Crippen LogP contribution in [0.25, 0.3) is 0 Å². The summed E-state index contributed by atoms with van der Waals surface area (Å²) in [6.45, 7) is 3.31. The predicted molar refractivity (Wildman–Crippen MR) is 97.0 cm³/mol. The molecule has 7 heteroatoms. The van der Waals surface area contributed by atoms with E-state index in [0.29, 0.717) is 25.5 Å². The quantitative estimate of drug-likeness (QED) is 0.415. The van der Waals surface area contributed by atoms with Crippen LogP contribution >= 0.6 is 24.0 Å². The first-order valence-corrected chi connectivity index (χ1v) is 7.17. The number of rotatable bonds is 6. The molecule has 1 heterocycles. The molecule has 0 bridgehead atoms. The van der Waals surface area contributed by atoms with Crippen LogP contribution in [-0.4, -0.2) is 19.0 Å². The molecule has 2 aromatic rings. The summed E-state index contributed by atoms with van der Waals surface area (Å²) in [5, 5.41) is 6.19. The van der Waals surface area contributed by atoms with E-state index >= 15 is 0 Å². The molecular formula is C16H20F2IN3O. The number of hydrogen-bond acceptors (Lipinski definition) is 2. The number of guanidine groups is 1. The Morgan fingerprint density at radius 1 is 1.22 bits per heavy atom. The van der Waals surface area contributed by atoms with E-state index in [1.807, 2.05) is 19.1 Å². The second kappa shape index (κ2) is 10.2. The Hall–Kier alpha value is -1.64. The first-order chi connectivity index (χ1) is 10.7. The van der Waals surface area contributed by atoms with Gasteiger partial charge in [0.05, 0.1) is 12.8 Å². The topological polar surface area (TPSA) is 49.6 Å². The highest BCUT2D eigenvalue weighted by molar-refractivity contribution is 14.0. The van der Waals surface area contributed by atoms with Crippen LogP contribution in [0.15, 0.2) is 46.0 Å². The lowest BCUT2D eigenvalue weighted by molar-refractivity contribution is 0.507. The number of nitrogens with one attached hydrogen (secondary N) is 2. The maximum atomic E-state index is 13.6. The lowest BCUT2D eigenvalue weighted by atomic mass is 10.2. The maximum Gasteiger partial charge on any atom is 0.191 e. The van der Waals surface area contributed by atoms with Crippen molar-refractivity contribution in [2.45, 2.75) is 19.9 Å². The fourth-order valence-electron chi connectivity index (χ4n) is 1.93. The van der Waals surface area contributed by atoms with E-state index in [1.54, 1.807) is 6.26 Å². The van der Waals surface area contributed by atoms with E-state index in [9.17, 15) is 8.78 Å². The zero-order chi connectivity index (χ0) is 15.8. The van der Waals surface area contributed by atoms with Crippen molar-refractivity contribution in [2.24, 2.45) is 4.99 Å². The van der Waals surface area contributed by atoms with Crippen LogP contribution in [0.4, 0.5) is 8.78 Å². The van der Waals surface area contributed by atoms with Gasteiger partial charge in [-0.05, 0) is 37.3 Å². The summed E-state index contributed by atoms with van der Waals surface area (Å²) in [5.41, 5.74) is 0.225. The highest BCUT2D eigenvalue weighted by atomic mass is 127. The first-order valence-electron chi connectivity index (χ1n) is 7.17. The van der Waals surface area contributed by atoms with Gasteiger partial charge in [-0.1, -0.05) is 0 Å². The molecule has 0 spiro atoms. The summed E-state index contributed by atoms with van der Waals surface area (Å²) in [5.74, 6) is 0.496. The molecule has 0 unspecified atom stereocenters. The van der Waals surface area contributed by atoms with Gasteiger partial charge in [-0.15, -0.1) is 24.0 Å². The predicted octanol–water partition coefficient (Wildman–Crippen LogP) is 3.47. The molecule has 0 amide bonds. The summed E-state index contributed by atoms with van der Waals surface area (Å²) in [6, 6.07) is 7.09. The van der Waals surface area contributed by atoms with Crippen molar-refractivity contribution in [3.8, 4) is 0 Å². The number of benzene rings is 1. The molecule has 0 aliphatic heterocycles. The van der Waals surface area contributed by atoms with Gasteiger partial charge in [-0.25, -0.2) is 13.8 Å². The van der Waals surface area contributed by atoms with E-state index in [1.165, 1.54) is 0 Å². The Balaban J connectivity index is 0.00000264. The Morgan fingerprint density at radius 3 is 2.74 bits per heavy atom. The number of hydrogen-bond donors (Lipinski definition) is 2. The van der Waals surface area contributed by atoms with Crippen molar-refractivity contribution in [1.29, 1.82) is 0 Å². The molecule has 0 aliphatic carbocycles. The Kier molecular flexibility index (Phi) is 8.60. The highest BCUT2D eigenvalue weighted by Crippen LogP contribution is 2.10. The zero-order valence-corrected chi connectivity index (χ0v) is 15.1. The lowest BCUT2D eigenvalue weighted by Gasteiger charge is -2.11. The molecule has 4 nitrogen and oxygen atoms in total. The molecule has 1 aromatic carbocycles. The molecule has 1 aromatic heterocycles. The second-order valence-corrected chi connectivity index (χ2v) is 4.69. The van der Waals surface area contributed by atoms with E-state index in [0.717, 1.165) is 24.0 Å². The molecule has 0 fully saturated rings. The minimum atomic E-state index is -0.470. The molecule has 0 aliphatic rings. The van der Waals surface area contributed by atoms with Gasteiger partial charge in [-0.3, -0.25) is 0 Å². The molecule has 126 valence electrons. The van der Waals surface area contributed by atoms with E-state index in [2.05, 4.69) is 15.6 Å². The molecular weight excluding hydrogens is 415 g/mol. The number of furan rings is 1. The maximum absolute atomic E-state index is 13.6. The van der Waals surface area contributed by atoms with E-state index < -0.39 is 11.6 Å². The summed E-state index contributed by atoms with van der Waals surface area (Å²) in [6.07, 6.45) is 2.34. The minimum absolute atomic E-state index is 0. The van der Waals surface area contributed by atoms with Crippen molar-refractivity contribution in [1.82, 2.24) is 10.6 Å². The van der Waals surface area contributed by atoms with E-state index in [4.69, 9.17) is 4.42 Å². The molecule has 0 radical (unpaired) electrons. The molecule has 0 saturated carbocycles. The molecule has 2 N–H and O–H groups in total. The van der Waals surface area contributed by atoms with Gasteiger partial charge >= 0.3 is 0 Å². The smallest absolute Gasteiger partial charge is 0.191 e. The largest absolute Gasteiger partial charge is 0.469 e. The molecule has 2 rings (SSSR count). The normalized spacial score (nSPS) is 11.0. The summed E-state index contributed by atoms with van der Waals surface area (Å²) < 4.78 is 31.9. The van der Waals surface area contributed by atoms with Crippen LogP contribution in [0, 0.1) is 11.6 Å².